The van der Waals surface area contributed by atoms with Crippen molar-refractivity contribution in [2.45, 2.75) is 33.2 Å². The third kappa shape index (κ3) is 4.27. The summed E-state index contributed by atoms with van der Waals surface area (Å²) in [6, 6.07) is 5.70. The van der Waals surface area contributed by atoms with Crippen LogP contribution in [-0.2, 0) is 9.53 Å². The van der Waals surface area contributed by atoms with Gasteiger partial charge in [0, 0.05) is 16.8 Å². The smallest absolute Gasteiger partial charge is 0.307 e. The normalized spacial score (nSPS) is 12.0. The fourth-order valence-electron chi connectivity index (χ4n) is 1.55. The lowest BCUT2D eigenvalue weighted by Crippen LogP contribution is -2.21. The van der Waals surface area contributed by atoms with E-state index in [0.29, 0.717) is 13.0 Å². The molecule has 0 radical (unpaired) electrons. The summed E-state index contributed by atoms with van der Waals surface area (Å²) in [5, 5.41) is 3.98. The van der Waals surface area contributed by atoms with Crippen LogP contribution in [0.1, 0.15) is 25.8 Å². The Morgan fingerprint density at radius 1 is 1.53 bits per heavy atom. The predicted octanol–water partition coefficient (Wildman–Crippen LogP) is 3.40. The minimum atomic E-state index is -0.188. The van der Waals surface area contributed by atoms with Crippen molar-refractivity contribution in [3.05, 3.63) is 28.8 Å². The number of nitrogens with one attached hydrogen (secondary N) is 1. The number of hydrogen-bond acceptors (Lipinski definition) is 3. The summed E-state index contributed by atoms with van der Waals surface area (Å²) in [4.78, 5) is 11.3. The van der Waals surface area contributed by atoms with Crippen LogP contribution in [0, 0.1) is 6.92 Å². The first-order valence-corrected chi connectivity index (χ1v) is 6.09. The van der Waals surface area contributed by atoms with Crippen molar-refractivity contribution in [3.63, 3.8) is 0 Å². The van der Waals surface area contributed by atoms with E-state index in [1.165, 1.54) is 0 Å². The highest BCUT2D eigenvalue weighted by Crippen LogP contribution is 2.23. The van der Waals surface area contributed by atoms with Crippen molar-refractivity contribution < 1.29 is 9.53 Å². The van der Waals surface area contributed by atoms with Crippen LogP contribution >= 0.6 is 11.6 Å². The highest BCUT2D eigenvalue weighted by molar-refractivity contribution is 6.31. The van der Waals surface area contributed by atoms with Crippen LogP contribution in [0.4, 0.5) is 5.69 Å². The van der Waals surface area contributed by atoms with Crippen LogP contribution in [0.25, 0.3) is 0 Å². The van der Waals surface area contributed by atoms with E-state index in [2.05, 4.69) is 5.32 Å². The lowest BCUT2D eigenvalue weighted by atomic mass is 10.1. The van der Waals surface area contributed by atoms with E-state index in [9.17, 15) is 4.79 Å². The Bertz CT molecular complexity index is 393. The minimum absolute atomic E-state index is 0.0196. The van der Waals surface area contributed by atoms with Gasteiger partial charge in [-0.3, -0.25) is 4.79 Å². The summed E-state index contributed by atoms with van der Waals surface area (Å²) in [5.41, 5.74) is 1.94. The molecule has 1 aromatic rings. The molecule has 0 aliphatic carbocycles. The number of halogens is 1. The summed E-state index contributed by atoms with van der Waals surface area (Å²) < 4.78 is 4.90. The van der Waals surface area contributed by atoms with Crippen molar-refractivity contribution in [3.8, 4) is 0 Å². The summed E-state index contributed by atoms with van der Waals surface area (Å²) in [6.45, 7) is 6.11. The van der Waals surface area contributed by atoms with Gasteiger partial charge in [0.15, 0.2) is 0 Å². The summed E-state index contributed by atoms with van der Waals surface area (Å²) in [6.07, 6.45) is 0.347. The zero-order valence-electron chi connectivity index (χ0n) is 10.4. The number of benzene rings is 1. The standard InChI is InChI=1S/C13H18ClNO2/c1-4-17-13(16)8-9(2)15-12-7-5-6-11(14)10(12)3/h5-7,9,15H,4,8H2,1-3H3. The quantitative estimate of drug-likeness (QED) is 0.820. The highest BCUT2D eigenvalue weighted by Gasteiger charge is 2.11. The van der Waals surface area contributed by atoms with Gasteiger partial charge in [0.2, 0.25) is 0 Å². The fourth-order valence-corrected chi connectivity index (χ4v) is 1.72. The molecule has 0 fully saturated rings. The molecular formula is C13H18ClNO2. The molecule has 0 spiro atoms. The third-order valence-corrected chi connectivity index (χ3v) is 2.86. The second kappa shape index (κ2) is 6.50. The van der Waals surface area contributed by atoms with Gasteiger partial charge in [-0.05, 0) is 38.5 Å². The molecule has 0 saturated carbocycles. The average Bonchev–Trinajstić information content (AvgIpc) is 2.25. The molecule has 4 heteroatoms. The van der Waals surface area contributed by atoms with E-state index in [4.69, 9.17) is 16.3 Å². The van der Waals surface area contributed by atoms with Gasteiger partial charge in [0.05, 0.1) is 13.0 Å². The Morgan fingerprint density at radius 3 is 2.88 bits per heavy atom. The molecule has 0 aromatic heterocycles. The van der Waals surface area contributed by atoms with Gasteiger partial charge in [0.25, 0.3) is 0 Å². The van der Waals surface area contributed by atoms with E-state index >= 15 is 0 Å². The monoisotopic (exact) mass is 255 g/mol. The topological polar surface area (TPSA) is 38.3 Å². The molecule has 0 aliphatic rings. The molecule has 17 heavy (non-hydrogen) atoms. The van der Waals surface area contributed by atoms with Gasteiger partial charge < -0.3 is 10.1 Å². The largest absolute Gasteiger partial charge is 0.466 e. The zero-order valence-corrected chi connectivity index (χ0v) is 11.2. The minimum Gasteiger partial charge on any atom is -0.466 e. The van der Waals surface area contributed by atoms with Gasteiger partial charge in [-0.2, -0.15) is 0 Å². The van der Waals surface area contributed by atoms with Gasteiger partial charge in [-0.25, -0.2) is 0 Å². The molecule has 0 aliphatic heterocycles. The third-order valence-electron chi connectivity index (χ3n) is 2.45. The molecule has 0 amide bonds. The van der Waals surface area contributed by atoms with Crippen LogP contribution in [0.2, 0.25) is 5.02 Å². The van der Waals surface area contributed by atoms with Crippen molar-refractivity contribution in [2.75, 3.05) is 11.9 Å². The second-order valence-corrected chi connectivity index (χ2v) is 4.37. The maximum atomic E-state index is 11.3. The van der Waals surface area contributed by atoms with Gasteiger partial charge >= 0.3 is 5.97 Å². The Balaban J connectivity index is 2.59. The zero-order chi connectivity index (χ0) is 12.8. The number of carbonyl (C=O) groups is 1. The lowest BCUT2D eigenvalue weighted by molar-refractivity contribution is -0.143. The van der Waals surface area contributed by atoms with Crippen molar-refractivity contribution in [1.29, 1.82) is 0 Å². The number of rotatable bonds is 5. The molecule has 94 valence electrons. The SMILES string of the molecule is CCOC(=O)CC(C)Nc1cccc(Cl)c1C. The van der Waals surface area contributed by atoms with Crippen molar-refractivity contribution in [1.82, 2.24) is 0 Å². The van der Waals surface area contributed by atoms with Crippen LogP contribution in [0.5, 0.6) is 0 Å². The number of ether oxygens (including phenoxy) is 1. The Morgan fingerprint density at radius 2 is 2.24 bits per heavy atom. The number of anilines is 1. The second-order valence-electron chi connectivity index (χ2n) is 3.97. The van der Waals surface area contributed by atoms with E-state index < -0.39 is 0 Å². The van der Waals surface area contributed by atoms with Crippen LogP contribution < -0.4 is 5.32 Å². The molecule has 3 nitrogen and oxygen atoms in total. The van der Waals surface area contributed by atoms with Gasteiger partial charge in [-0.1, -0.05) is 17.7 Å². The first-order chi connectivity index (χ1) is 8.04. The lowest BCUT2D eigenvalue weighted by Gasteiger charge is -2.16. The van der Waals surface area contributed by atoms with E-state index in [-0.39, 0.29) is 12.0 Å². The summed E-state index contributed by atoms with van der Waals surface area (Å²) in [5.74, 6) is -0.188. The van der Waals surface area contributed by atoms with Crippen molar-refractivity contribution >= 4 is 23.3 Å². The molecule has 1 rings (SSSR count). The fraction of sp³-hybridized carbons (Fsp3) is 0.462. The highest BCUT2D eigenvalue weighted by atomic mass is 35.5. The molecule has 1 atom stereocenters. The Hall–Kier alpha value is -1.22. The van der Waals surface area contributed by atoms with Gasteiger partial charge in [0.1, 0.15) is 0 Å². The summed E-state index contributed by atoms with van der Waals surface area (Å²) >= 11 is 6.02. The first kappa shape index (κ1) is 13.8. The number of carbonyl (C=O) groups excluding carboxylic acids is 1. The maximum absolute atomic E-state index is 11.3. The van der Waals surface area contributed by atoms with Crippen LogP contribution in [0.3, 0.4) is 0 Å². The van der Waals surface area contributed by atoms with Crippen LogP contribution in [-0.4, -0.2) is 18.6 Å². The molecule has 1 unspecified atom stereocenters. The average molecular weight is 256 g/mol. The first-order valence-electron chi connectivity index (χ1n) is 5.71. The summed E-state index contributed by atoms with van der Waals surface area (Å²) in [7, 11) is 0. The molecule has 0 bridgehead atoms. The number of hydrogen-bond donors (Lipinski definition) is 1. The molecule has 0 heterocycles. The van der Waals surface area contributed by atoms with Crippen molar-refractivity contribution in [2.24, 2.45) is 0 Å². The molecule has 1 N–H and O–H groups in total. The van der Waals surface area contributed by atoms with Crippen LogP contribution in [0.15, 0.2) is 18.2 Å². The maximum Gasteiger partial charge on any atom is 0.307 e. The van der Waals surface area contributed by atoms with E-state index in [0.717, 1.165) is 16.3 Å². The number of esters is 1. The van der Waals surface area contributed by atoms with E-state index in [1.54, 1.807) is 6.92 Å². The Labute approximate surface area is 107 Å². The van der Waals surface area contributed by atoms with Gasteiger partial charge in [-0.15, -0.1) is 0 Å². The molecule has 1 aromatic carbocycles. The molecule has 0 saturated heterocycles. The van der Waals surface area contributed by atoms with E-state index in [1.807, 2.05) is 32.0 Å². The Kier molecular flexibility index (Phi) is 5.29. The molecular weight excluding hydrogens is 238 g/mol. The predicted molar refractivity (Wildman–Crippen MR) is 70.5 cm³/mol.